The van der Waals surface area contributed by atoms with Crippen LogP contribution < -0.4 is 5.32 Å². The molecular formula is C28H30N2O5. The maximum absolute atomic E-state index is 13.8. The standard InChI is InChI=1S/C28H30N2O5/c31-25(32)22-15-17-11-12-24(22)30(17)26(33)28(13-5-6-14-28)29-27(34)35-16-23-20-9-3-1-7-18(20)19-8-2-4-10-21(19)23/h1-4,7-10,17,22-24H,5-6,11-16H2,(H,29,34)(H,31,32)/t17-,22+,24+/m0/s1. The average Bonchev–Trinajstić information content (AvgIpc) is 3.64. The van der Waals surface area contributed by atoms with E-state index in [2.05, 4.69) is 29.6 Å². The number of carbonyl (C=O) groups excluding carboxylic acids is 2. The molecule has 35 heavy (non-hydrogen) atoms. The van der Waals surface area contributed by atoms with Crippen molar-refractivity contribution in [2.24, 2.45) is 5.92 Å². The SMILES string of the molecule is O=C(NC1(C(=O)N2[C@H]3CC[C@@H]2[C@H](C(=O)O)C3)CCCC1)OCC1c2ccccc2-c2ccccc21. The maximum atomic E-state index is 13.8. The number of aliphatic carboxylic acids is 1. The second-order valence-electron chi connectivity index (χ2n) is 10.4. The van der Waals surface area contributed by atoms with Gasteiger partial charge in [0.25, 0.3) is 0 Å². The van der Waals surface area contributed by atoms with Gasteiger partial charge in [0, 0.05) is 18.0 Å². The molecule has 3 atom stereocenters. The molecule has 0 aromatic heterocycles. The Balaban J connectivity index is 1.18. The molecule has 2 aromatic carbocycles. The summed E-state index contributed by atoms with van der Waals surface area (Å²) >= 11 is 0. The molecule has 2 heterocycles. The summed E-state index contributed by atoms with van der Waals surface area (Å²) in [7, 11) is 0. The number of alkyl carbamates (subject to hydrolysis) is 1. The fourth-order valence-electron chi connectivity index (χ4n) is 7.02. The van der Waals surface area contributed by atoms with Crippen molar-refractivity contribution in [1.29, 1.82) is 0 Å². The normalized spacial score (nSPS) is 25.8. The molecule has 0 spiro atoms. The van der Waals surface area contributed by atoms with Crippen molar-refractivity contribution in [3.05, 3.63) is 59.7 Å². The lowest BCUT2D eigenvalue weighted by Gasteiger charge is -2.35. The molecule has 3 fully saturated rings. The van der Waals surface area contributed by atoms with Crippen LogP contribution in [0.4, 0.5) is 4.79 Å². The molecule has 4 aliphatic rings. The van der Waals surface area contributed by atoms with Gasteiger partial charge in [0.1, 0.15) is 12.1 Å². The minimum atomic E-state index is -1.00. The quantitative estimate of drug-likeness (QED) is 0.674. The van der Waals surface area contributed by atoms with Crippen molar-refractivity contribution >= 4 is 18.0 Å². The van der Waals surface area contributed by atoms with E-state index in [1.54, 1.807) is 4.90 Å². The highest BCUT2D eigenvalue weighted by Gasteiger charge is 2.56. The number of benzene rings is 2. The van der Waals surface area contributed by atoms with E-state index < -0.39 is 23.5 Å². The van der Waals surface area contributed by atoms with Gasteiger partial charge in [0.05, 0.1) is 5.92 Å². The monoisotopic (exact) mass is 474 g/mol. The van der Waals surface area contributed by atoms with Crippen LogP contribution >= 0.6 is 0 Å². The van der Waals surface area contributed by atoms with Crippen molar-refractivity contribution in [2.45, 2.75) is 68.5 Å². The summed E-state index contributed by atoms with van der Waals surface area (Å²) in [4.78, 5) is 40.3. The molecule has 2 saturated heterocycles. The first-order valence-corrected chi connectivity index (χ1v) is 12.7. The van der Waals surface area contributed by atoms with E-state index in [9.17, 15) is 19.5 Å². The molecule has 0 unspecified atom stereocenters. The van der Waals surface area contributed by atoms with Crippen LogP contribution in [0.25, 0.3) is 11.1 Å². The van der Waals surface area contributed by atoms with Gasteiger partial charge in [0.2, 0.25) is 5.91 Å². The second-order valence-corrected chi connectivity index (χ2v) is 10.4. The summed E-state index contributed by atoms with van der Waals surface area (Å²) in [5.41, 5.74) is 3.61. The number of carbonyl (C=O) groups is 3. The van der Waals surface area contributed by atoms with Crippen molar-refractivity contribution in [3.63, 3.8) is 0 Å². The van der Waals surface area contributed by atoms with Crippen molar-refractivity contribution in [1.82, 2.24) is 10.2 Å². The van der Waals surface area contributed by atoms with Crippen molar-refractivity contribution in [3.8, 4) is 11.1 Å². The number of rotatable bonds is 5. The molecule has 2 amide bonds. The highest BCUT2D eigenvalue weighted by atomic mass is 16.5. The van der Waals surface area contributed by atoms with Crippen molar-refractivity contribution < 1.29 is 24.2 Å². The zero-order valence-corrected chi connectivity index (χ0v) is 19.6. The molecule has 1 saturated carbocycles. The summed E-state index contributed by atoms with van der Waals surface area (Å²) in [6.07, 6.45) is 4.29. The Hall–Kier alpha value is -3.35. The number of nitrogens with one attached hydrogen (secondary N) is 1. The fourth-order valence-corrected chi connectivity index (χ4v) is 7.02. The van der Waals surface area contributed by atoms with Crippen LogP contribution in [0.1, 0.15) is 62.0 Å². The summed E-state index contributed by atoms with van der Waals surface area (Å²) in [6.45, 7) is 0.195. The molecule has 2 N–H and O–H groups in total. The van der Waals surface area contributed by atoms with Crippen molar-refractivity contribution in [2.75, 3.05) is 6.61 Å². The van der Waals surface area contributed by atoms with Gasteiger partial charge < -0.3 is 20.1 Å². The van der Waals surface area contributed by atoms with E-state index in [1.807, 2.05) is 24.3 Å². The molecule has 6 rings (SSSR count). The van der Waals surface area contributed by atoms with Crippen LogP contribution in [0.5, 0.6) is 0 Å². The topological polar surface area (TPSA) is 95.9 Å². The number of carboxylic acids is 1. The summed E-state index contributed by atoms with van der Waals surface area (Å²) in [6, 6.07) is 16.0. The molecular weight excluding hydrogens is 444 g/mol. The third-order valence-corrected chi connectivity index (χ3v) is 8.64. The minimum absolute atomic E-state index is 0.0459. The first kappa shape index (κ1) is 22.1. The lowest BCUT2D eigenvalue weighted by atomic mass is 9.89. The largest absolute Gasteiger partial charge is 0.481 e. The predicted octanol–water partition coefficient (Wildman–Crippen LogP) is 4.30. The number of hydrogen-bond donors (Lipinski definition) is 2. The van der Waals surface area contributed by atoms with E-state index >= 15 is 0 Å². The maximum Gasteiger partial charge on any atom is 0.408 e. The molecule has 0 radical (unpaired) electrons. The highest BCUT2D eigenvalue weighted by molar-refractivity contribution is 5.92. The molecule has 7 nitrogen and oxygen atoms in total. The zero-order valence-electron chi connectivity index (χ0n) is 19.6. The van der Waals surface area contributed by atoms with Gasteiger partial charge in [-0.15, -0.1) is 0 Å². The Kier molecular flexibility index (Phi) is 5.31. The van der Waals surface area contributed by atoms with E-state index in [0.29, 0.717) is 25.7 Å². The second kappa shape index (κ2) is 8.40. The van der Waals surface area contributed by atoms with E-state index in [4.69, 9.17) is 4.74 Å². The summed E-state index contributed by atoms with van der Waals surface area (Å²) < 4.78 is 5.75. The average molecular weight is 475 g/mol. The first-order chi connectivity index (χ1) is 17.0. The molecule has 2 aromatic rings. The lowest BCUT2D eigenvalue weighted by molar-refractivity contribution is -0.144. The zero-order chi connectivity index (χ0) is 24.2. The Morgan fingerprint density at radius 3 is 2.20 bits per heavy atom. The van der Waals surface area contributed by atoms with Crippen LogP contribution in [0.2, 0.25) is 0 Å². The van der Waals surface area contributed by atoms with Gasteiger partial charge >= 0.3 is 12.1 Å². The smallest absolute Gasteiger partial charge is 0.408 e. The Labute approximate surface area is 204 Å². The molecule has 7 heteroatoms. The summed E-state index contributed by atoms with van der Waals surface area (Å²) in [5.74, 6) is -1.51. The van der Waals surface area contributed by atoms with Gasteiger partial charge in [-0.3, -0.25) is 9.59 Å². The van der Waals surface area contributed by atoms with Crippen LogP contribution in [0.3, 0.4) is 0 Å². The van der Waals surface area contributed by atoms with Gasteiger partial charge in [-0.05, 0) is 54.4 Å². The lowest BCUT2D eigenvalue weighted by Crippen LogP contribution is -2.59. The Morgan fingerprint density at radius 2 is 1.60 bits per heavy atom. The molecule has 2 aliphatic heterocycles. The molecule has 2 aliphatic carbocycles. The number of fused-ring (bicyclic) bond motifs is 5. The third-order valence-electron chi connectivity index (χ3n) is 8.64. The van der Waals surface area contributed by atoms with Crippen LogP contribution in [-0.4, -0.2) is 52.2 Å². The number of ether oxygens (including phenoxy) is 1. The van der Waals surface area contributed by atoms with E-state index in [1.165, 1.54) is 0 Å². The van der Waals surface area contributed by atoms with Crippen LogP contribution in [0.15, 0.2) is 48.5 Å². The fraction of sp³-hybridized carbons (Fsp3) is 0.464. The highest BCUT2D eigenvalue weighted by Crippen LogP contribution is 2.46. The van der Waals surface area contributed by atoms with Gasteiger partial charge in [-0.2, -0.15) is 0 Å². The van der Waals surface area contributed by atoms with E-state index in [-0.39, 0.29) is 30.5 Å². The minimum Gasteiger partial charge on any atom is -0.481 e. The van der Waals surface area contributed by atoms with Crippen LogP contribution in [0, 0.1) is 5.92 Å². The van der Waals surface area contributed by atoms with Gasteiger partial charge in [-0.1, -0.05) is 61.4 Å². The molecule has 2 bridgehead atoms. The van der Waals surface area contributed by atoms with Gasteiger partial charge in [0.15, 0.2) is 0 Å². The third kappa shape index (κ3) is 3.51. The number of nitrogens with zero attached hydrogens (tertiary/aromatic N) is 1. The number of amides is 2. The predicted molar refractivity (Wildman–Crippen MR) is 129 cm³/mol. The number of hydrogen-bond acceptors (Lipinski definition) is 4. The molecule has 182 valence electrons. The Bertz CT molecular complexity index is 1140. The van der Waals surface area contributed by atoms with Gasteiger partial charge in [-0.25, -0.2) is 4.79 Å². The number of carboxylic acid groups (broad SMARTS) is 1. The first-order valence-electron chi connectivity index (χ1n) is 12.7. The Morgan fingerprint density at radius 1 is 0.971 bits per heavy atom. The summed E-state index contributed by atoms with van der Waals surface area (Å²) in [5, 5.41) is 12.5. The van der Waals surface area contributed by atoms with Crippen LogP contribution in [-0.2, 0) is 14.3 Å². The van der Waals surface area contributed by atoms with E-state index in [0.717, 1.165) is 41.5 Å².